The van der Waals surface area contributed by atoms with Crippen molar-refractivity contribution in [1.82, 2.24) is 14.9 Å². The summed E-state index contributed by atoms with van der Waals surface area (Å²) in [4.78, 5) is 12.7. The molecule has 3 aromatic rings. The number of rotatable bonds is 4. The number of aromatic nitrogens is 2. The Morgan fingerprint density at radius 1 is 0.971 bits per heavy atom. The second kappa shape index (κ2) is 9.23. The number of benzene rings is 2. The molecule has 0 amide bonds. The van der Waals surface area contributed by atoms with Gasteiger partial charge in [0, 0.05) is 38.3 Å². The number of β-amino-alcohol motifs (C(OH)–C–C–N with tert-alkyl or cyclic N) is 1. The number of fused-ring (bicyclic) bond motifs is 1. The molecule has 2 N–H and O–H groups in total. The molecule has 1 saturated heterocycles. The minimum absolute atomic E-state index is 0.0581. The van der Waals surface area contributed by atoms with Crippen LogP contribution in [0.1, 0.15) is 23.1 Å². The van der Waals surface area contributed by atoms with Crippen LogP contribution < -0.4 is 10.2 Å². The van der Waals surface area contributed by atoms with Gasteiger partial charge < -0.3 is 15.3 Å². The quantitative estimate of drug-likeness (QED) is 0.596. The van der Waals surface area contributed by atoms with E-state index < -0.39 is 17.8 Å². The van der Waals surface area contributed by atoms with Gasteiger partial charge >= 0.3 is 6.18 Å². The molecule has 1 aromatic heterocycles. The van der Waals surface area contributed by atoms with E-state index in [0.29, 0.717) is 18.9 Å². The summed E-state index contributed by atoms with van der Waals surface area (Å²) < 4.78 is 40.0. The number of piperidine rings is 1. The largest absolute Gasteiger partial charge is 0.418 e. The Morgan fingerprint density at radius 2 is 1.74 bits per heavy atom. The van der Waals surface area contributed by atoms with Gasteiger partial charge in [0.15, 0.2) is 0 Å². The van der Waals surface area contributed by atoms with Crippen LogP contribution in [0, 0.1) is 0 Å². The van der Waals surface area contributed by atoms with Crippen LogP contribution in [-0.2, 0) is 19.1 Å². The summed E-state index contributed by atoms with van der Waals surface area (Å²) in [5, 5.41) is 13.7. The second-order valence-electron chi connectivity index (χ2n) is 8.79. The summed E-state index contributed by atoms with van der Waals surface area (Å²) in [7, 11) is 0. The average Bonchev–Trinajstić information content (AvgIpc) is 2.83. The lowest BCUT2D eigenvalue weighted by Crippen LogP contribution is -2.55. The number of aliphatic hydroxyl groups is 1. The van der Waals surface area contributed by atoms with E-state index in [4.69, 9.17) is 0 Å². The summed E-state index contributed by atoms with van der Waals surface area (Å²) in [5.41, 5.74) is 1.87. The minimum Gasteiger partial charge on any atom is -0.390 e. The number of halogens is 3. The van der Waals surface area contributed by atoms with Crippen LogP contribution in [0.2, 0.25) is 0 Å². The molecule has 2 unspecified atom stereocenters. The number of aliphatic hydroxyl groups excluding tert-OH is 1. The highest BCUT2D eigenvalue weighted by Gasteiger charge is 2.35. The molecule has 9 heteroatoms. The number of alkyl halides is 3. The lowest BCUT2D eigenvalue weighted by molar-refractivity contribution is -0.136. The minimum atomic E-state index is -4.47. The standard InChI is InChI=1S/C25H26F3N5O/c26-25(27,28)19-7-3-4-8-20(19)31-23-13-24(30-16-29-23)33-12-10-21(22(34)15-33)32-11-9-17-5-1-2-6-18(17)14-32/h1-8,13,16,21-22,34H,9-12,14-15H2,(H,29,30,31). The fourth-order valence-corrected chi connectivity index (χ4v) is 4.92. The summed E-state index contributed by atoms with van der Waals surface area (Å²) in [6.45, 7) is 2.84. The molecule has 0 aliphatic carbocycles. The third-order valence-electron chi connectivity index (χ3n) is 6.65. The van der Waals surface area contributed by atoms with E-state index in [1.54, 1.807) is 12.1 Å². The number of nitrogens with zero attached hydrogens (tertiary/aromatic N) is 4. The van der Waals surface area contributed by atoms with Crippen molar-refractivity contribution >= 4 is 17.3 Å². The number of nitrogens with one attached hydrogen (secondary N) is 1. The van der Waals surface area contributed by atoms with Gasteiger partial charge in [-0.05, 0) is 36.1 Å². The zero-order valence-electron chi connectivity index (χ0n) is 18.5. The van der Waals surface area contributed by atoms with Crippen LogP contribution in [0.3, 0.4) is 0 Å². The van der Waals surface area contributed by atoms with Gasteiger partial charge in [-0.1, -0.05) is 36.4 Å². The van der Waals surface area contributed by atoms with Gasteiger partial charge in [0.1, 0.15) is 18.0 Å². The van der Waals surface area contributed by atoms with Crippen LogP contribution in [0.25, 0.3) is 0 Å². The lowest BCUT2D eigenvalue weighted by Gasteiger charge is -2.43. The normalized spacial score (nSPS) is 21.2. The van der Waals surface area contributed by atoms with E-state index in [0.717, 1.165) is 32.0 Å². The molecule has 0 spiro atoms. The van der Waals surface area contributed by atoms with Crippen molar-refractivity contribution in [2.45, 2.75) is 37.7 Å². The van der Waals surface area contributed by atoms with Crippen molar-refractivity contribution in [3.8, 4) is 0 Å². The fraction of sp³-hybridized carbons (Fsp3) is 0.360. The Bertz CT molecular complexity index is 1160. The summed E-state index contributed by atoms with van der Waals surface area (Å²) in [5.74, 6) is 0.842. The van der Waals surface area contributed by atoms with E-state index in [-0.39, 0.29) is 17.5 Å². The SMILES string of the molecule is OC1CN(c2cc(Nc3ccccc3C(F)(F)F)ncn2)CCC1N1CCc2ccccc2C1. The summed E-state index contributed by atoms with van der Waals surface area (Å²) >= 11 is 0. The summed E-state index contributed by atoms with van der Waals surface area (Å²) in [6, 6.07) is 15.4. The third-order valence-corrected chi connectivity index (χ3v) is 6.65. The van der Waals surface area contributed by atoms with Gasteiger partial charge in [0.2, 0.25) is 0 Å². The van der Waals surface area contributed by atoms with E-state index in [1.807, 2.05) is 4.90 Å². The van der Waals surface area contributed by atoms with E-state index in [1.165, 1.54) is 29.6 Å². The molecule has 3 heterocycles. The Kier molecular flexibility index (Phi) is 6.14. The van der Waals surface area contributed by atoms with Crippen molar-refractivity contribution in [2.75, 3.05) is 29.9 Å². The fourth-order valence-electron chi connectivity index (χ4n) is 4.92. The topological polar surface area (TPSA) is 64.5 Å². The first-order valence-corrected chi connectivity index (χ1v) is 11.4. The van der Waals surface area contributed by atoms with Crippen LogP contribution in [-0.4, -0.2) is 51.8 Å². The Balaban J connectivity index is 1.27. The molecule has 2 atom stereocenters. The summed E-state index contributed by atoms with van der Waals surface area (Å²) in [6.07, 6.45) is -1.96. The molecule has 0 radical (unpaired) electrons. The van der Waals surface area contributed by atoms with Crippen LogP contribution in [0.5, 0.6) is 0 Å². The molecular formula is C25H26F3N5O. The highest BCUT2D eigenvalue weighted by molar-refractivity contribution is 5.63. The van der Waals surface area contributed by atoms with Crippen molar-refractivity contribution in [1.29, 1.82) is 0 Å². The van der Waals surface area contributed by atoms with Crippen LogP contribution >= 0.6 is 0 Å². The molecule has 2 aliphatic heterocycles. The Labute approximate surface area is 196 Å². The Morgan fingerprint density at radius 3 is 2.53 bits per heavy atom. The molecule has 1 fully saturated rings. The maximum absolute atomic E-state index is 13.3. The Hall–Kier alpha value is -3.17. The highest BCUT2D eigenvalue weighted by atomic mass is 19.4. The van der Waals surface area contributed by atoms with E-state index in [9.17, 15) is 18.3 Å². The van der Waals surface area contributed by atoms with Gasteiger partial charge in [0.05, 0.1) is 17.4 Å². The molecule has 0 bridgehead atoms. The second-order valence-corrected chi connectivity index (χ2v) is 8.79. The van der Waals surface area contributed by atoms with E-state index in [2.05, 4.69) is 44.5 Å². The maximum atomic E-state index is 13.3. The van der Waals surface area contributed by atoms with Crippen molar-refractivity contribution in [2.24, 2.45) is 0 Å². The zero-order valence-corrected chi connectivity index (χ0v) is 18.5. The van der Waals surface area contributed by atoms with Gasteiger partial charge in [-0.25, -0.2) is 9.97 Å². The van der Waals surface area contributed by atoms with Gasteiger partial charge in [-0.3, -0.25) is 4.90 Å². The molecule has 0 saturated carbocycles. The predicted molar refractivity (Wildman–Crippen MR) is 124 cm³/mol. The third kappa shape index (κ3) is 4.71. The molecule has 6 nitrogen and oxygen atoms in total. The predicted octanol–water partition coefficient (Wildman–Crippen LogP) is 4.24. The monoisotopic (exact) mass is 469 g/mol. The van der Waals surface area contributed by atoms with Gasteiger partial charge in [-0.2, -0.15) is 13.2 Å². The van der Waals surface area contributed by atoms with Crippen molar-refractivity contribution in [3.63, 3.8) is 0 Å². The van der Waals surface area contributed by atoms with Gasteiger partial charge in [0.25, 0.3) is 0 Å². The first kappa shape index (κ1) is 22.6. The smallest absolute Gasteiger partial charge is 0.390 e. The number of hydrogen-bond donors (Lipinski definition) is 2. The first-order chi connectivity index (χ1) is 16.4. The average molecular weight is 470 g/mol. The zero-order chi connectivity index (χ0) is 23.7. The highest BCUT2D eigenvalue weighted by Crippen LogP contribution is 2.36. The van der Waals surface area contributed by atoms with E-state index >= 15 is 0 Å². The molecular weight excluding hydrogens is 443 g/mol. The van der Waals surface area contributed by atoms with Gasteiger partial charge in [-0.15, -0.1) is 0 Å². The molecule has 34 heavy (non-hydrogen) atoms. The maximum Gasteiger partial charge on any atom is 0.418 e. The molecule has 178 valence electrons. The molecule has 2 aromatic carbocycles. The van der Waals surface area contributed by atoms with Crippen LogP contribution in [0.15, 0.2) is 60.9 Å². The van der Waals surface area contributed by atoms with Crippen molar-refractivity contribution in [3.05, 3.63) is 77.6 Å². The number of hydrogen-bond acceptors (Lipinski definition) is 6. The number of anilines is 3. The number of para-hydroxylation sites is 1. The van der Waals surface area contributed by atoms with Crippen molar-refractivity contribution < 1.29 is 18.3 Å². The first-order valence-electron chi connectivity index (χ1n) is 11.4. The molecule has 2 aliphatic rings. The lowest BCUT2D eigenvalue weighted by atomic mass is 9.94. The van der Waals surface area contributed by atoms with Crippen LogP contribution in [0.4, 0.5) is 30.5 Å². The molecule has 5 rings (SSSR count).